The molecule has 0 bridgehead atoms. The summed E-state index contributed by atoms with van der Waals surface area (Å²) >= 11 is 0. The molecule has 0 unspecified atom stereocenters. The van der Waals surface area contributed by atoms with E-state index >= 15 is 0 Å². The summed E-state index contributed by atoms with van der Waals surface area (Å²) in [4.78, 5) is 8.63. The van der Waals surface area contributed by atoms with Gasteiger partial charge < -0.3 is 21.3 Å². The van der Waals surface area contributed by atoms with E-state index in [9.17, 15) is 26.3 Å². The molecule has 0 fully saturated rings. The van der Waals surface area contributed by atoms with Crippen LogP contribution >= 0.6 is 0 Å². The van der Waals surface area contributed by atoms with Gasteiger partial charge in [0.1, 0.15) is 11.6 Å². The molecule has 2 heterocycles. The molecule has 4 N–H and O–H groups in total. The van der Waals surface area contributed by atoms with Crippen LogP contribution in [0.3, 0.4) is 0 Å². The SMILES string of the molecule is FC(F)(F)c1ccc(-c2cc3ccccc3c(-c3c(N[C]Nc4ccccn4)c(-c4ccc(C(F)(F)F)cc4)cc4ccccc34)c2N[C]Nc2ccccn2)cc1. The first kappa shape index (κ1) is 37.8. The maximum atomic E-state index is 13.8. The van der Waals surface area contributed by atoms with Crippen LogP contribution in [0.2, 0.25) is 0 Å². The van der Waals surface area contributed by atoms with E-state index in [0.29, 0.717) is 56.4 Å². The number of nitrogens with one attached hydrogen (secondary N) is 4. The number of nitrogens with zero attached hydrogens (tertiary/aromatic N) is 2. The largest absolute Gasteiger partial charge is 0.416 e. The smallest absolute Gasteiger partial charge is 0.354 e. The van der Waals surface area contributed by atoms with Crippen LogP contribution in [-0.4, -0.2) is 9.97 Å². The zero-order valence-corrected chi connectivity index (χ0v) is 30.2. The lowest BCUT2D eigenvalue weighted by Crippen LogP contribution is -2.11. The molecule has 6 aromatic carbocycles. The van der Waals surface area contributed by atoms with Gasteiger partial charge in [0.05, 0.1) is 22.5 Å². The Kier molecular flexibility index (Phi) is 10.3. The first-order valence-corrected chi connectivity index (χ1v) is 17.9. The fraction of sp³-hybridized carbons (Fsp3) is 0.0435. The molecule has 0 aliphatic carbocycles. The van der Waals surface area contributed by atoms with Gasteiger partial charge in [-0.05, 0) is 93.3 Å². The topological polar surface area (TPSA) is 73.9 Å². The molecule has 0 spiro atoms. The van der Waals surface area contributed by atoms with E-state index in [1.54, 1.807) is 48.8 Å². The van der Waals surface area contributed by atoms with Gasteiger partial charge in [-0.1, -0.05) is 84.9 Å². The van der Waals surface area contributed by atoms with Gasteiger partial charge in [0.25, 0.3) is 0 Å². The highest BCUT2D eigenvalue weighted by Crippen LogP contribution is 2.51. The monoisotopic (exact) mass is 780 g/mol. The van der Waals surface area contributed by atoms with Gasteiger partial charge in [-0.15, -0.1) is 0 Å². The summed E-state index contributed by atoms with van der Waals surface area (Å²) in [6.45, 7) is 6.06. The Morgan fingerprint density at radius 3 is 1.16 bits per heavy atom. The van der Waals surface area contributed by atoms with Gasteiger partial charge in [0, 0.05) is 34.6 Å². The highest BCUT2D eigenvalue weighted by molar-refractivity contribution is 6.19. The zero-order chi connectivity index (χ0) is 40.3. The maximum Gasteiger partial charge on any atom is 0.416 e. The summed E-state index contributed by atoms with van der Waals surface area (Å²) < 4.78 is 82.6. The van der Waals surface area contributed by atoms with Crippen LogP contribution in [0.25, 0.3) is 54.9 Å². The van der Waals surface area contributed by atoms with Gasteiger partial charge in [-0.3, -0.25) is 0 Å². The standard InChI is InChI=1S/C46H30F6N6/c47-45(48,49)33-19-15-29(16-20-33)37-25-31-9-1-3-11-35(31)41(43(37)57-27-55-39-13-5-7-23-53-39)42-36-12-4-2-10-32(36)26-38(30-17-21-34(22-18-30)46(50,51)52)44(42)58-28-56-40-14-6-8-24-54-40/h1-26,57-58H,(H,53,55)(H,54,56). The fourth-order valence-electron chi connectivity index (χ4n) is 6.80. The predicted octanol–water partition coefficient (Wildman–Crippen LogP) is 12.9. The number of benzene rings is 6. The van der Waals surface area contributed by atoms with E-state index in [1.165, 1.54) is 24.3 Å². The average molecular weight is 781 g/mol. The van der Waals surface area contributed by atoms with Crippen LogP contribution in [-0.2, 0) is 12.4 Å². The third-order valence-electron chi connectivity index (χ3n) is 9.48. The molecule has 2 aromatic heterocycles. The molecule has 58 heavy (non-hydrogen) atoms. The molecule has 0 aliphatic heterocycles. The minimum atomic E-state index is -4.54. The van der Waals surface area contributed by atoms with Gasteiger partial charge in [0.15, 0.2) is 0 Å². The van der Waals surface area contributed by atoms with Crippen LogP contribution in [0, 0.1) is 13.3 Å². The van der Waals surface area contributed by atoms with Gasteiger partial charge in [-0.25, -0.2) is 9.97 Å². The van der Waals surface area contributed by atoms with Crippen molar-refractivity contribution in [1.82, 2.24) is 9.97 Å². The zero-order valence-electron chi connectivity index (χ0n) is 30.2. The normalized spacial score (nSPS) is 11.8. The maximum absolute atomic E-state index is 13.8. The molecule has 12 heteroatoms. The van der Waals surface area contributed by atoms with Crippen LogP contribution in [0.5, 0.6) is 0 Å². The van der Waals surface area contributed by atoms with Crippen LogP contribution < -0.4 is 21.3 Å². The molecule has 0 aliphatic rings. The Labute approximate surface area is 329 Å². The molecule has 0 saturated carbocycles. The number of hydrogen-bond acceptors (Lipinski definition) is 6. The lowest BCUT2D eigenvalue weighted by Gasteiger charge is -2.25. The van der Waals surface area contributed by atoms with Crippen molar-refractivity contribution in [3.8, 4) is 33.4 Å². The van der Waals surface area contributed by atoms with Crippen LogP contribution in [0.4, 0.5) is 49.4 Å². The third kappa shape index (κ3) is 7.94. The molecular weight excluding hydrogens is 751 g/mol. The first-order valence-electron chi connectivity index (χ1n) is 17.9. The van der Waals surface area contributed by atoms with Gasteiger partial charge in [-0.2, -0.15) is 26.3 Å². The highest BCUT2D eigenvalue weighted by atomic mass is 19.4. The van der Waals surface area contributed by atoms with Crippen molar-refractivity contribution in [3.63, 3.8) is 0 Å². The second-order valence-electron chi connectivity index (χ2n) is 13.1. The van der Waals surface area contributed by atoms with Crippen molar-refractivity contribution in [2.45, 2.75) is 12.4 Å². The van der Waals surface area contributed by atoms with Crippen molar-refractivity contribution in [2.75, 3.05) is 21.3 Å². The Bertz CT molecular complexity index is 2500. The van der Waals surface area contributed by atoms with Crippen LogP contribution in [0.15, 0.2) is 158 Å². The van der Waals surface area contributed by atoms with E-state index in [-0.39, 0.29) is 0 Å². The second-order valence-corrected chi connectivity index (χ2v) is 13.1. The minimum Gasteiger partial charge on any atom is -0.354 e. The lowest BCUT2D eigenvalue weighted by molar-refractivity contribution is -0.138. The number of rotatable bonds is 11. The molecule has 6 nitrogen and oxygen atoms in total. The van der Waals surface area contributed by atoms with Gasteiger partial charge in [0.2, 0.25) is 13.3 Å². The van der Waals surface area contributed by atoms with E-state index in [0.717, 1.165) is 45.8 Å². The summed E-state index contributed by atoms with van der Waals surface area (Å²) in [6, 6.07) is 39.4. The molecule has 8 aromatic rings. The molecule has 4 radical (unpaired) electrons. The molecule has 286 valence electrons. The number of fused-ring (bicyclic) bond motifs is 2. The van der Waals surface area contributed by atoms with Crippen molar-refractivity contribution in [2.24, 2.45) is 0 Å². The van der Waals surface area contributed by atoms with Gasteiger partial charge >= 0.3 is 12.4 Å². The number of pyridine rings is 2. The Morgan fingerprint density at radius 1 is 0.414 bits per heavy atom. The second kappa shape index (κ2) is 15.8. The summed E-state index contributed by atoms with van der Waals surface area (Å²) in [5.74, 6) is 0.964. The average Bonchev–Trinajstić information content (AvgIpc) is 3.23. The molecule has 0 saturated heterocycles. The van der Waals surface area contributed by atoms with Crippen molar-refractivity contribution >= 4 is 44.6 Å². The predicted molar refractivity (Wildman–Crippen MR) is 217 cm³/mol. The Morgan fingerprint density at radius 2 is 0.793 bits per heavy atom. The summed E-state index contributed by atoms with van der Waals surface area (Å²) in [5, 5.41) is 15.7. The quantitative estimate of drug-likeness (QED) is 0.0774. The first-order chi connectivity index (χ1) is 28.0. The number of halogens is 6. The number of alkyl halides is 6. The van der Waals surface area contributed by atoms with Crippen molar-refractivity contribution in [3.05, 3.63) is 182 Å². The van der Waals surface area contributed by atoms with Crippen molar-refractivity contribution in [1.29, 1.82) is 0 Å². The molecular formula is C46H30F6N6. The van der Waals surface area contributed by atoms with Crippen molar-refractivity contribution < 1.29 is 26.3 Å². The van der Waals surface area contributed by atoms with Crippen LogP contribution in [0.1, 0.15) is 11.1 Å². The van der Waals surface area contributed by atoms with E-state index in [4.69, 9.17) is 0 Å². The minimum absolute atomic E-state index is 0.470. The molecule has 8 rings (SSSR count). The Balaban J connectivity index is 1.41. The van der Waals surface area contributed by atoms with E-state index < -0.39 is 23.5 Å². The molecule has 0 amide bonds. The summed E-state index contributed by atoms with van der Waals surface area (Å²) in [5.41, 5.74) is 2.65. The third-order valence-corrected chi connectivity index (χ3v) is 9.48. The fourth-order valence-corrected chi connectivity index (χ4v) is 6.80. The number of hydrogen-bond donors (Lipinski definition) is 4. The summed E-state index contributed by atoms with van der Waals surface area (Å²) in [6.07, 6.45) is -5.86. The van der Waals surface area contributed by atoms with E-state index in [1.807, 2.05) is 60.7 Å². The summed E-state index contributed by atoms with van der Waals surface area (Å²) in [7, 11) is 0. The number of aromatic nitrogens is 2. The molecule has 0 atom stereocenters. The van der Waals surface area contributed by atoms with E-state index in [2.05, 4.69) is 44.6 Å². The lowest BCUT2D eigenvalue weighted by atomic mass is 9.85. The number of anilines is 4. The Hall–Kier alpha value is -7.08. The highest BCUT2D eigenvalue weighted by Gasteiger charge is 2.32.